The molecule has 0 aromatic rings. The van der Waals surface area contributed by atoms with E-state index < -0.39 is 12.1 Å². The molecule has 1 heterocycles. The molecule has 0 saturated carbocycles. The highest BCUT2D eigenvalue weighted by Crippen LogP contribution is 2.13. The molecule has 0 atom stereocenters. The fraction of sp³-hybridized carbons (Fsp3) is 0.923. The Morgan fingerprint density at radius 2 is 1.85 bits per heavy atom. The van der Waals surface area contributed by atoms with Gasteiger partial charge in [-0.15, -0.1) is 0 Å². The van der Waals surface area contributed by atoms with Gasteiger partial charge in [-0.25, -0.2) is 4.79 Å². The zero-order valence-corrected chi connectivity index (χ0v) is 12.0. The van der Waals surface area contributed by atoms with Crippen LogP contribution in [0.1, 0.15) is 39.5 Å². The summed E-state index contributed by atoms with van der Waals surface area (Å²) >= 11 is 0. The van der Waals surface area contributed by atoms with Gasteiger partial charge in [-0.05, 0) is 44.7 Å². The number of carboxylic acids is 1. The molecular formula is C13H24F3NO3. The quantitative estimate of drug-likeness (QED) is 0.766. The van der Waals surface area contributed by atoms with Crippen molar-refractivity contribution in [1.82, 2.24) is 5.32 Å². The van der Waals surface area contributed by atoms with Crippen LogP contribution in [0, 0.1) is 5.92 Å². The lowest BCUT2D eigenvalue weighted by Crippen LogP contribution is -2.32. The first-order valence-electron chi connectivity index (χ1n) is 6.86. The fourth-order valence-corrected chi connectivity index (χ4v) is 1.70. The third-order valence-electron chi connectivity index (χ3n) is 2.81. The average molecular weight is 299 g/mol. The molecule has 7 heteroatoms. The molecule has 1 rings (SSSR count). The summed E-state index contributed by atoms with van der Waals surface area (Å²) in [6.45, 7) is 7.77. The number of ether oxygens (including phenoxy) is 1. The van der Waals surface area contributed by atoms with Crippen LogP contribution in [0.4, 0.5) is 13.2 Å². The van der Waals surface area contributed by atoms with Gasteiger partial charge >= 0.3 is 12.1 Å². The van der Waals surface area contributed by atoms with Crippen molar-refractivity contribution in [2.45, 2.75) is 51.8 Å². The van der Waals surface area contributed by atoms with Crippen molar-refractivity contribution in [1.29, 1.82) is 0 Å². The molecule has 0 amide bonds. The molecule has 0 unspecified atom stereocenters. The van der Waals surface area contributed by atoms with Gasteiger partial charge in [0, 0.05) is 6.61 Å². The Morgan fingerprint density at radius 3 is 2.25 bits per heavy atom. The van der Waals surface area contributed by atoms with Gasteiger partial charge in [-0.2, -0.15) is 13.2 Å². The molecule has 2 N–H and O–H groups in total. The number of alkyl halides is 3. The number of carboxylic acid groups (broad SMARTS) is 1. The Balaban J connectivity index is 0.000000441. The molecule has 120 valence electrons. The minimum atomic E-state index is -5.08. The molecule has 1 saturated heterocycles. The largest absolute Gasteiger partial charge is 0.490 e. The summed E-state index contributed by atoms with van der Waals surface area (Å²) in [7, 11) is 0. The Labute approximate surface area is 117 Å². The molecule has 20 heavy (non-hydrogen) atoms. The van der Waals surface area contributed by atoms with E-state index in [2.05, 4.69) is 19.2 Å². The highest BCUT2D eigenvalue weighted by molar-refractivity contribution is 5.73. The zero-order valence-electron chi connectivity index (χ0n) is 12.0. The first kappa shape index (κ1) is 19.2. The Morgan fingerprint density at radius 1 is 1.35 bits per heavy atom. The summed E-state index contributed by atoms with van der Waals surface area (Å²) in [5.41, 5.74) is 0. The highest BCUT2D eigenvalue weighted by atomic mass is 19.4. The van der Waals surface area contributed by atoms with Crippen LogP contribution in [0.2, 0.25) is 0 Å². The molecule has 0 spiro atoms. The van der Waals surface area contributed by atoms with E-state index in [-0.39, 0.29) is 0 Å². The fourth-order valence-electron chi connectivity index (χ4n) is 1.70. The molecule has 0 bridgehead atoms. The molecule has 0 aromatic heterocycles. The van der Waals surface area contributed by atoms with Crippen molar-refractivity contribution in [3.63, 3.8) is 0 Å². The molecule has 1 aliphatic rings. The Kier molecular flexibility index (Phi) is 9.58. The molecular weight excluding hydrogens is 275 g/mol. The number of halogens is 3. The Hall–Kier alpha value is -0.820. The first-order valence-corrected chi connectivity index (χ1v) is 6.86. The minimum Gasteiger partial charge on any atom is -0.475 e. The lowest BCUT2D eigenvalue weighted by atomic mass is 10.1. The van der Waals surface area contributed by atoms with Crippen LogP contribution < -0.4 is 5.32 Å². The van der Waals surface area contributed by atoms with Gasteiger partial charge in [0.15, 0.2) is 0 Å². The summed E-state index contributed by atoms with van der Waals surface area (Å²) < 4.78 is 37.5. The van der Waals surface area contributed by atoms with Crippen molar-refractivity contribution >= 4 is 5.97 Å². The van der Waals surface area contributed by atoms with Crippen LogP contribution in [0.5, 0.6) is 0 Å². The van der Waals surface area contributed by atoms with Crippen LogP contribution in [0.25, 0.3) is 0 Å². The number of hydrogen-bond donors (Lipinski definition) is 2. The van der Waals surface area contributed by atoms with Gasteiger partial charge in [0.2, 0.25) is 0 Å². The van der Waals surface area contributed by atoms with Gasteiger partial charge in [-0.3, -0.25) is 0 Å². The SMILES string of the molecule is CC(C)CCCOC1CCNCC1.O=C(O)C(F)(F)F. The maximum Gasteiger partial charge on any atom is 0.490 e. The van der Waals surface area contributed by atoms with Crippen molar-refractivity contribution in [3.05, 3.63) is 0 Å². The van der Waals surface area contributed by atoms with E-state index in [0.717, 1.165) is 25.6 Å². The number of carbonyl (C=O) groups is 1. The van der Waals surface area contributed by atoms with Crippen LogP contribution >= 0.6 is 0 Å². The maximum atomic E-state index is 10.6. The summed E-state index contributed by atoms with van der Waals surface area (Å²) in [4.78, 5) is 8.90. The number of piperidine rings is 1. The van der Waals surface area contributed by atoms with Crippen molar-refractivity contribution in [2.24, 2.45) is 5.92 Å². The van der Waals surface area contributed by atoms with Crippen LogP contribution in [-0.2, 0) is 9.53 Å². The van der Waals surface area contributed by atoms with E-state index in [0.29, 0.717) is 6.10 Å². The van der Waals surface area contributed by atoms with Crippen LogP contribution in [0.15, 0.2) is 0 Å². The van der Waals surface area contributed by atoms with Crippen molar-refractivity contribution in [3.8, 4) is 0 Å². The van der Waals surface area contributed by atoms with Gasteiger partial charge in [0.05, 0.1) is 6.10 Å². The highest BCUT2D eigenvalue weighted by Gasteiger charge is 2.38. The second kappa shape index (κ2) is 9.99. The molecule has 0 aliphatic carbocycles. The van der Waals surface area contributed by atoms with Gasteiger partial charge in [0.1, 0.15) is 0 Å². The first-order chi connectivity index (χ1) is 9.23. The smallest absolute Gasteiger partial charge is 0.475 e. The standard InChI is InChI=1S/C11H23NO.C2HF3O2/c1-10(2)4-3-9-13-11-5-7-12-8-6-11;3-2(4,5)1(6)7/h10-12H,3-9H2,1-2H3;(H,6,7). The minimum absolute atomic E-state index is 0.536. The molecule has 1 aliphatic heterocycles. The maximum absolute atomic E-state index is 10.6. The number of hydrogen-bond acceptors (Lipinski definition) is 3. The predicted octanol–water partition coefficient (Wildman–Crippen LogP) is 2.82. The van der Waals surface area contributed by atoms with Gasteiger partial charge in [0.25, 0.3) is 0 Å². The van der Waals surface area contributed by atoms with Crippen molar-refractivity contribution < 1.29 is 27.8 Å². The topological polar surface area (TPSA) is 58.6 Å². The lowest BCUT2D eigenvalue weighted by Gasteiger charge is -2.23. The second-order valence-corrected chi connectivity index (χ2v) is 5.16. The van der Waals surface area contributed by atoms with E-state index in [4.69, 9.17) is 14.6 Å². The van der Waals surface area contributed by atoms with Gasteiger partial charge in [-0.1, -0.05) is 13.8 Å². The third-order valence-corrected chi connectivity index (χ3v) is 2.81. The zero-order chi connectivity index (χ0) is 15.6. The molecule has 4 nitrogen and oxygen atoms in total. The van der Waals surface area contributed by atoms with Gasteiger partial charge < -0.3 is 15.2 Å². The summed E-state index contributed by atoms with van der Waals surface area (Å²) in [6.07, 6.45) is 0.365. The third kappa shape index (κ3) is 11.0. The van der Waals surface area contributed by atoms with Crippen LogP contribution in [-0.4, -0.2) is 43.1 Å². The molecule has 0 aromatic carbocycles. The summed E-state index contributed by atoms with van der Waals surface area (Å²) in [6, 6.07) is 0. The molecule has 1 fully saturated rings. The Bertz CT molecular complexity index is 264. The number of rotatable bonds is 5. The van der Waals surface area contributed by atoms with E-state index in [9.17, 15) is 13.2 Å². The average Bonchev–Trinajstić information content (AvgIpc) is 2.35. The number of aliphatic carboxylic acids is 1. The van der Waals surface area contributed by atoms with E-state index in [1.54, 1.807) is 0 Å². The van der Waals surface area contributed by atoms with Crippen LogP contribution in [0.3, 0.4) is 0 Å². The van der Waals surface area contributed by atoms with E-state index in [1.165, 1.54) is 25.7 Å². The predicted molar refractivity (Wildman–Crippen MR) is 69.6 cm³/mol. The summed E-state index contributed by atoms with van der Waals surface area (Å²) in [5, 5.41) is 10.5. The summed E-state index contributed by atoms with van der Waals surface area (Å²) in [5.74, 6) is -1.94. The normalized spacial score (nSPS) is 16.7. The molecule has 0 radical (unpaired) electrons. The van der Waals surface area contributed by atoms with E-state index >= 15 is 0 Å². The van der Waals surface area contributed by atoms with E-state index in [1.807, 2.05) is 0 Å². The lowest BCUT2D eigenvalue weighted by molar-refractivity contribution is -0.192. The second-order valence-electron chi connectivity index (χ2n) is 5.16. The number of nitrogens with one attached hydrogen (secondary N) is 1. The monoisotopic (exact) mass is 299 g/mol. The van der Waals surface area contributed by atoms with Crippen molar-refractivity contribution in [2.75, 3.05) is 19.7 Å².